The van der Waals surface area contributed by atoms with E-state index < -0.39 is 0 Å². The minimum Gasteiger partial charge on any atom is -0.497 e. The molecule has 4 rings (SSSR count). The summed E-state index contributed by atoms with van der Waals surface area (Å²) in [6.07, 6.45) is 6.13. The highest BCUT2D eigenvalue weighted by Gasteiger charge is 2.23. The van der Waals surface area contributed by atoms with E-state index in [1.54, 1.807) is 49.8 Å². The van der Waals surface area contributed by atoms with Crippen LogP contribution in [-0.4, -0.2) is 41.2 Å². The predicted octanol–water partition coefficient (Wildman–Crippen LogP) is 5.21. The summed E-state index contributed by atoms with van der Waals surface area (Å²) in [7, 11) is 3.12. The van der Waals surface area contributed by atoms with Crippen molar-refractivity contribution in [2.75, 3.05) is 25.7 Å². The summed E-state index contributed by atoms with van der Waals surface area (Å²) >= 11 is 7.84. The Kier molecular flexibility index (Phi) is 6.62. The number of methoxy groups -OCH3 is 2. The molecule has 0 radical (unpaired) electrons. The van der Waals surface area contributed by atoms with Gasteiger partial charge in [0.25, 0.3) is 5.91 Å². The number of thiazole rings is 1. The van der Waals surface area contributed by atoms with Crippen LogP contribution in [0.1, 0.15) is 22.3 Å². The van der Waals surface area contributed by atoms with Gasteiger partial charge in [0.15, 0.2) is 5.13 Å². The lowest BCUT2D eigenvalue weighted by Crippen LogP contribution is -2.32. The lowest BCUT2D eigenvalue weighted by Gasteiger charge is -2.21. The average Bonchev–Trinajstić information content (AvgIpc) is 3.49. The van der Waals surface area contributed by atoms with Crippen molar-refractivity contribution in [2.24, 2.45) is 0 Å². The van der Waals surface area contributed by atoms with Crippen LogP contribution in [0.2, 0.25) is 5.02 Å². The van der Waals surface area contributed by atoms with E-state index in [9.17, 15) is 4.79 Å². The largest absolute Gasteiger partial charge is 0.497 e. The third-order valence-corrected chi connectivity index (χ3v) is 6.66. The first kappa shape index (κ1) is 22.1. The van der Waals surface area contributed by atoms with Crippen molar-refractivity contribution in [1.82, 2.24) is 14.5 Å². The number of fused-ring (bicyclic) bond motifs is 1. The van der Waals surface area contributed by atoms with Gasteiger partial charge in [-0.2, -0.15) is 0 Å². The number of carbonyl (C=O) groups excluding carboxylic acids is 1. The number of rotatable bonds is 8. The fraction of sp³-hybridized carbons (Fsp3) is 0.261. The standard InChI is InChI=1S/C23H23ClN4O3S/c1-15-5-6-19(24)21-20(15)26-23(32-21)28(9-4-8-27-10-7-25-14-27)22(29)16-11-17(30-2)13-18(12-16)31-3/h5-7,10-14H,4,8-9H2,1-3H3. The minimum absolute atomic E-state index is 0.180. The molecule has 0 spiro atoms. The van der Waals surface area contributed by atoms with E-state index in [1.165, 1.54) is 11.3 Å². The summed E-state index contributed by atoms with van der Waals surface area (Å²) in [6.45, 7) is 3.20. The average molecular weight is 471 g/mol. The topological polar surface area (TPSA) is 69.5 Å². The first-order valence-electron chi connectivity index (χ1n) is 10.1. The van der Waals surface area contributed by atoms with Gasteiger partial charge in [0.2, 0.25) is 0 Å². The van der Waals surface area contributed by atoms with Crippen LogP contribution in [0.4, 0.5) is 5.13 Å². The Hall–Kier alpha value is -3.10. The maximum absolute atomic E-state index is 13.6. The number of halogens is 1. The quantitative estimate of drug-likeness (QED) is 0.353. The number of anilines is 1. The molecule has 32 heavy (non-hydrogen) atoms. The van der Waals surface area contributed by atoms with Crippen LogP contribution >= 0.6 is 22.9 Å². The van der Waals surface area contributed by atoms with Crippen molar-refractivity contribution in [3.05, 3.63) is 65.2 Å². The molecule has 0 aliphatic heterocycles. The highest BCUT2D eigenvalue weighted by Crippen LogP contribution is 2.36. The van der Waals surface area contributed by atoms with Gasteiger partial charge in [-0.05, 0) is 37.1 Å². The highest BCUT2D eigenvalue weighted by atomic mass is 35.5. The fourth-order valence-corrected chi connectivity index (χ4v) is 4.75. The zero-order chi connectivity index (χ0) is 22.7. The van der Waals surface area contributed by atoms with Gasteiger partial charge in [0.1, 0.15) is 11.5 Å². The number of ether oxygens (including phenoxy) is 2. The van der Waals surface area contributed by atoms with Gasteiger partial charge in [0.05, 0.1) is 35.8 Å². The van der Waals surface area contributed by atoms with Crippen LogP contribution in [0, 0.1) is 6.92 Å². The Labute approximate surface area is 195 Å². The van der Waals surface area contributed by atoms with E-state index >= 15 is 0 Å². The first-order chi connectivity index (χ1) is 15.5. The van der Waals surface area contributed by atoms with Crippen molar-refractivity contribution in [3.8, 4) is 11.5 Å². The molecule has 7 nitrogen and oxygen atoms in total. The van der Waals surface area contributed by atoms with Gasteiger partial charge in [0, 0.05) is 37.1 Å². The molecule has 0 unspecified atom stereocenters. The number of hydrogen-bond donors (Lipinski definition) is 0. The molecule has 166 valence electrons. The third kappa shape index (κ3) is 4.56. The predicted molar refractivity (Wildman–Crippen MR) is 127 cm³/mol. The number of hydrogen-bond acceptors (Lipinski definition) is 6. The number of imidazole rings is 1. The van der Waals surface area contributed by atoms with Crippen LogP contribution in [-0.2, 0) is 6.54 Å². The molecule has 4 aromatic rings. The van der Waals surface area contributed by atoms with Gasteiger partial charge in [-0.1, -0.05) is 29.0 Å². The third-order valence-electron chi connectivity index (χ3n) is 5.12. The summed E-state index contributed by atoms with van der Waals surface area (Å²) < 4.78 is 13.6. The molecule has 2 aromatic heterocycles. The Morgan fingerprint density at radius 2 is 1.94 bits per heavy atom. The second-order valence-electron chi connectivity index (χ2n) is 7.25. The molecule has 0 N–H and O–H groups in total. The Balaban J connectivity index is 1.71. The van der Waals surface area contributed by atoms with Crippen LogP contribution < -0.4 is 14.4 Å². The SMILES string of the molecule is COc1cc(OC)cc(C(=O)N(CCCn2ccnc2)c2nc3c(C)ccc(Cl)c3s2)c1. The molecule has 0 saturated carbocycles. The number of nitrogens with zero attached hydrogens (tertiary/aromatic N) is 4. The Bertz CT molecular complexity index is 1180. The summed E-state index contributed by atoms with van der Waals surface area (Å²) in [6, 6.07) is 8.95. The van der Waals surface area contributed by atoms with Crippen molar-refractivity contribution >= 4 is 44.2 Å². The lowest BCUT2D eigenvalue weighted by atomic mass is 10.1. The molecular weight excluding hydrogens is 448 g/mol. The van der Waals surface area contributed by atoms with Gasteiger partial charge >= 0.3 is 0 Å². The van der Waals surface area contributed by atoms with Gasteiger partial charge in [-0.3, -0.25) is 9.69 Å². The number of aryl methyl sites for hydroxylation is 2. The molecule has 2 aromatic carbocycles. The van der Waals surface area contributed by atoms with Crippen LogP contribution in [0.5, 0.6) is 11.5 Å². The maximum Gasteiger partial charge on any atom is 0.260 e. The molecular formula is C23H23ClN4O3S. The van der Waals surface area contributed by atoms with E-state index in [0.717, 1.165) is 28.7 Å². The lowest BCUT2D eigenvalue weighted by molar-refractivity contribution is 0.0985. The molecule has 2 heterocycles. The molecule has 0 bridgehead atoms. The number of benzene rings is 2. The van der Waals surface area contributed by atoms with E-state index in [-0.39, 0.29) is 5.91 Å². The van der Waals surface area contributed by atoms with E-state index in [0.29, 0.717) is 33.8 Å². The van der Waals surface area contributed by atoms with E-state index in [1.807, 2.05) is 29.8 Å². The number of aromatic nitrogens is 3. The van der Waals surface area contributed by atoms with Crippen molar-refractivity contribution < 1.29 is 14.3 Å². The Morgan fingerprint density at radius 1 is 1.19 bits per heavy atom. The van der Waals surface area contributed by atoms with Crippen molar-refractivity contribution in [2.45, 2.75) is 19.9 Å². The van der Waals surface area contributed by atoms with Crippen LogP contribution in [0.3, 0.4) is 0 Å². The second-order valence-corrected chi connectivity index (χ2v) is 8.64. The molecule has 0 aliphatic rings. The molecule has 9 heteroatoms. The summed E-state index contributed by atoms with van der Waals surface area (Å²) in [5, 5.41) is 1.23. The molecule has 1 amide bonds. The van der Waals surface area contributed by atoms with Crippen molar-refractivity contribution in [3.63, 3.8) is 0 Å². The van der Waals surface area contributed by atoms with E-state index in [2.05, 4.69) is 4.98 Å². The summed E-state index contributed by atoms with van der Waals surface area (Å²) in [4.78, 5) is 24.2. The number of amides is 1. The van der Waals surface area contributed by atoms with Crippen LogP contribution in [0.15, 0.2) is 49.1 Å². The maximum atomic E-state index is 13.6. The monoisotopic (exact) mass is 470 g/mol. The Morgan fingerprint density at radius 3 is 2.56 bits per heavy atom. The summed E-state index contributed by atoms with van der Waals surface area (Å²) in [5.41, 5.74) is 2.29. The fourth-order valence-electron chi connectivity index (χ4n) is 3.41. The van der Waals surface area contributed by atoms with Gasteiger partial charge in [-0.25, -0.2) is 9.97 Å². The molecule has 0 saturated heterocycles. The smallest absolute Gasteiger partial charge is 0.260 e. The van der Waals surface area contributed by atoms with Crippen molar-refractivity contribution in [1.29, 1.82) is 0 Å². The summed E-state index contributed by atoms with van der Waals surface area (Å²) in [5.74, 6) is 0.921. The zero-order valence-corrected chi connectivity index (χ0v) is 19.6. The minimum atomic E-state index is -0.180. The first-order valence-corrected chi connectivity index (χ1v) is 11.3. The molecule has 0 aliphatic carbocycles. The zero-order valence-electron chi connectivity index (χ0n) is 18.0. The van der Waals surface area contributed by atoms with Gasteiger partial charge < -0.3 is 14.0 Å². The molecule has 0 fully saturated rings. The second kappa shape index (κ2) is 9.58. The normalized spacial score (nSPS) is 11.0. The number of carbonyl (C=O) groups is 1. The highest BCUT2D eigenvalue weighted by molar-refractivity contribution is 7.23. The van der Waals surface area contributed by atoms with Gasteiger partial charge in [-0.15, -0.1) is 0 Å². The van der Waals surface area contributed by atoms with E-state index in [4.69, 9.17) is 26.1 Å². The molecule has 0 atom stereocenters. The van der Waals surface area contributed by atoms with Crippen LogP contribution in [0.25, 0.3) is 10.2 Å².